The topological polar surface area (TPSA) is 18.8 Å². The highest BCUT2D eigenvalue weighted by Gasteiger charge is 2.53. The molecule has 0 saturated carbocycles. The van der Waals surface area contributed by atoms with E-state index in [2.05, 4.69) is 149 Å². The number of nitrogens with zero attached hydrogens (tertiary/aromatic N) is 3. The lowest BCUT2D eigenvalue weighted by molar-refractivity contribution is 0.355. The Balaban J connectivity index is 2.39. The maximum atomic E-state index is 7.81. The van der Waals surface area contributed by atoms with Crippen LogP contribution in [0.4, 0.5) is 5.69 Å². The van der Waals surface area contributed by atoms with E-state index in [4.69, 9.17) is 27.2 Å². The van der Waals surface area contributed by atoms with Gasteiger partial charge in [-0.15, -0.1) is 22.2 Å². The number of benzene rings is 2. The van der Waals surface area contributed by atoms with Gasteiger partial charge in [-0.2, -0.15) is 0 Å². The maximum absolute atomic E-state index is 7.81. The van der Waals surface area contributed by atoms with E-state index >= 15 is 0 Å². The first-order valence-electron chi connectivity index (χ1n) is 15.4. The highest BCUT2D eigenvalue weighted by Crippen LogP contribution is 2.53. The summed E-state index contributed by atoms with van der Waals surface area (Å²) < 4.78 is 2.27. The summed E-state index contributed by atoms with van der Waals surface area (Å²) in [6.07, 6.45) is 1.02. The monoisotopic (exact) mass is 645 g/mol. The summed E-state index contributed by atoms with van der Waals surface area (Å²) >= 11 is 15.6. The van der Waals surface area contributed by atoms with Crippen molar-refractivity contribution in [3.63, 3.8) is 0 Å². The van der Waals surface area contributed by atoms with Crippen molar-refractivity contribution in [3.05, 3.63) is 65.2 Å². The lowest BCUT2D eigenvalue weighted by Crippen LogP contribution is -2.57. The Morgan fingerprint density at radius 3 is 1.79 bits per heavy atom. The van der Waals surface area contributed by atoms with Gasteiger partial charge in [0.25, 0.3) is 0 Å². The van der Waals surface area contributed by atoms with Gasteiger partial charge in [-0.25, -0.2) is 0 Å². The molecule has 1 aliphatic rings. The fourth-order valence-electron chi connectivity index (χ4n) is 6.38. The number of amidine groups is 1. The highest BCUT2D eigenvalue weighted by molar-refractivity contribution is 8.00. The first-order chi connectivity index (χ1) is 19.0. The molecule has 2 aromatic carbocycles. The fraction of sp³-hybridized carbons (Fsp3) is 0.600. The van der Waals surface area contributed by atoms with E-state index < -0.39 is 6.52 Å². The fourth-order valence-corrected chi connectivity index (χ4v) is 15.7. The summed E-state index contributed by atoms with van der Waals surface area (Å²) in [4.78, 5) is 7.92. The third-order valence-electron chi connectivity index (χ3n) is 7.73. The van der Waals surface area contributed by atoms with E-state index in [9.17, 15) is 0 Å². The van der Waals surface area contributed by atoms with E-state index in [1.807, 2.05) is 6.07 Å². The Morgan fingerprint density at radius 2 is 1.36 bits per heavy atom. The van der Waals surface area contributed by atoms with Crippen LogP contribution in [0.25, 0.3) is 0 Å². The molecule has 0 spiro atoms. The van der Waals surface area contributed by atoms with Crippen molar-refractivity contribution < 1.29 is 0 Å². The molecule has 1 fully saturated rings. The second-order valence-electron chi connectivity index (χ2n) is 15.7. The van der Waals surface area contributed by atoms with Gasteiger partial charge in [0.15, 0.2) is 0 Å². The molecule has 0 unspecified atom stereocenters. The minimum absolute atomic E-state index is 0.0942. The van der Waals surface area contributed by atoms with Crippen LogP contribution in [-0.4, -0.2) is 39.0 Å². The lowest BCUT2D eigenvalue weighted by atomic mass is 9.85. The second kappa shape index (κ2) is 12.2. The SMILES string of the molecule is CC(C)c1cccc(C(C)C)c1N1C(=P[Si](Cl)(Cl)N(C(=NC(C)(C)C)c2ccccc2)C(C)(C)C)C(C)(C)CC1(C)C. The summed E-state index contributed by atoms with van der Waals surface area (Å²) in [5, 5.41) is 0. The van der Waals surface area contributed by atoms with Gasteiger partial charge < -0.3 is 9.47 Å². The van der Waals surface area contributed by atoms with Crippen LogP contribution in [-0.2, 0) is 0 Å². The van der Waals surface area contributed by atoms with Gasteiger partial charge in [0.2, 0.25) is 0 Å². The number of rotatable bonds is 6. The minimum Gasteiger partial charge on any atom is -0.347 e. The van der Waals surface area contributed by atoms with Crippen LogP contribution in [0.2, 0.25) is 0 Å². The zero-order chi connectivity index (χ0) is 32.1. The Labute approximate surface area is 269 Å². The van der Waals surface area contributed by atoms with Gasteiger partial charge in [-0.3, -0.25) is 4.99 Å². The van der Waals surface area contributed by atoms with E-state index in [-0.39, 0.29) is 22.0 Å². The first-order valence-corrected chi connectivity index (χ1v) is 21.1. The molecular formula is C35H54Cl2N3PSi. The van der Waals surface area contributed by atoms with Gasteiger partial charge in [-0.1, -0.05) is 90.1 Å². The van der Waals surface area contributed by atoms with Crippen LogP contribution >= 0.6 is 29.9 Å². The van der Waals surface area contributed by atoms with Crippen molar-refractivity contribution in [2.45, 2.75) is 132 Å². The molecule has 0 aromatic heterocycles. The quantitative estimate of drug-likeness (QED) is 0.102. The van der Waals surface area contributed by atoms with Crippen LogP contribution in [0.5, 0.6) is 0 Å². The molecule has 3 nitrogen and oxygen atoms in total. The van der Waals surface area contributed by atoms with E-state index in [1.54, 1.807) is 0 Å². The number of para-hydroxylation sites is 1. The predicted molar refractivity (Wildman–Crippen MR) is 193 cm³/mol. The van der Waals surface area contributed by atoms with Crippen LogP contribution in [0, 0.1) is 5.41 Å². The first kappa shape index (κ1) is 35.2. The maximum Gasteiger partial charge on any atom is 0.411 e. The van der Waals surface area contributed by atoms with Crippen molar-refractivity contribution in [1.82, 2.24) is 4.57 Å². The van der Waals surface area contributed by atoms with Gasteiger partial charge in [0.05, 0.1) is 5.54 Å². The molecule has 0 radical (unpaired) electrons. The Hall–Kier alpha value is -1.32. The normalized spacial score (nSPS) is 18.9. The second-order valence-corrected chi connectivity index (χ2v) is 25.9. The molecule has 232 valence electrons. The van der Waals surface area contributed by atoms with Gasteiger partial charge in [0, 0.05) is 33.2 Å². The zero-order valence-corrected chi connectivity index (χ0v) is 31.9. The van der Waals surface area contributed by atoms with Crippen LogP contribution in [0.3, 0.4) is 0 Å². The molecule has 1 heterocycles. The molecule has 7 heteroatoms. The van der Waals surface area contributed by atoms with Crippen molar-refractivity contribution in [2.75, 3.05) is 4.90 Å². The van der Waals surface area contributed by atoms with Crippen LogP contribution < -0.4 is 4.90 Å². The number of aliphatic imine (C=N–C) groups is 1. The third kappa shape index (κ3) is 7.66. The van der Waals surface area contributed by atoms with Crippen LogP contribution in [0.15, 0.2) is 53.5 Å². The largest absolute Gasteiger partial charge is 0.411 e. The highest BCUT2D eigenvalue weighted by atomic mass is 35.7. The number of hydrogen-bond donors (Lipinski definition) is 0. The van der Waals surface area contributed by atoms with Gasteiger partial charge >= 0.3 is 6.52 Å². The predicted octanol–water partition coefficient (Wildman–Crippen LogP) is 11.3. The molecule has 0 bridgehead atoms. The van der Waals surface area contributed by atoms with Crippen molar-refractivity contribution in [2.24, 2.45) is 10.4 Å². The van der Waals surface area contributed by atoms with E-state index in [0.717, 1.165) is 25.6 Å². The smallest absolute Gasteiger partial charge is 0.347 e. The molecule has 0 atom stereocenters. The molecule has 0 aliphatic carbocycles. The van der Waals surface area contributed by atoms with Crippen molar-refractivity contribution >= 4 is 53.4 Å². The van der Waals surface area contributed by atoms with Gasteiger partial charge in [-0.05, 0) is 92.5 Å². The molecular weight excluding hydrogens is 592 g/mol. The van der Waals surface area contributed by atoms with Gasteiger partial charge in [0.1, 0.15) is 5.84 Å². The third-order valence-corrected chi connectivity index (χ3v) is 15.0. The standard InChI is InChI=1S/C35H54Cl2N3PSi/c1-24(2)27-21-18-22-28(25(3)4)29(27)39-31(34(11,12)23-35(39,13)14)41-42(36,37)40(33(8,9)10)30(38-32(5,6)7)26-19-16-15-17-20-26/h15-22,24-25H,23H2,1-14H3. The summed E-state index contributed by atoms with van der Waals surface area (Å²) in [6, 6.07) is 17.2. The lowest BCUT2D eigenvalue weighted by Gasteiger charge is -2.45. The minimum atomic E-state index is -3.25. The summed E-state index contributed by atoms with van der Waals surface area (Å²) in [7, 11) is 0.978. The molecule has 0 N–H and O–H groups in total. The molecule has 2 aromatic rings. The summed E-state index contributed by atoms with van der Waals surface area (Å²) in [5.41, 5.74) is 5.58. The zero-order valence-electron chi connectivity index (χ0n) is 28.5. The Morgan fingerprint density at radius 1 is 0.857 bits per heavy atom. The molecule has 1 aliphatic heterocycles. The van der Waals surface area contributed by atoms with E-state index in [1.165, 1.54) is 22.2 Å². The average Bonchev–Trinajstić information content (AvgIpc) is 2.98. The molecule has 1 saturated heterocycles. The molecule has 42 heavy (non-hydrogen) atoms. The summed E-state index contributed by atoms with van der Waals surface area (Å²) in [5.74, 6) is 1.65. The number of anilines is 1. The van der Waals surface area contributed by atoms with E-state index in [0.29, 0.717) is 11.8 Å². The number of hydrogen-bond acceptors (Lipinski definition) is 1. The van der Waals surface area contributed by atoms with Crippen molar-refractivity contribution in [1.29, 1.82) is 0 Å². The molecule has 0 amide bonds. The summed E-state index contributed by atoms with van der Waals surface area (Å²) in [6.45, 7) is 28.4. The van der Waals surface area contributed by atoms with Crippen molar-refractivity contribution in [3.8, 4) is 0 Å². The number of halogens is 2. The Kier molecular flexibility index (Phi) is 10.2. The Bertz CT molecular complexity index is 1290. The average molecular weight is 647 g/mol. The molecule has 3 rings (SSSR count). The van der Waals surface area contributed by atoms with Crippen LogP contribution in [0.1, 0.15) is 132 Å².